The van der Waals surface area contributed by atoms with Crippen LogP contribution in [0.5, 0.6) is 0 Å². The van der Waals surface area contributed by atoms with Crippen molar-refractivity contribution in [3.63, 3.8) is 0 Å². The van der Waals surface area contributed by atoms with Crippen LogP contribution in [-0.4, -0.2) is 19.8 Å². The summed E-state index contributed by atoms with van der Waals surface area (Å²) in [5.74, 6) is 0.654. The minimum atomic E-state index is -2.65. The first-order chi connectivity index (χ1) is 5.74. The zero-order chi connectivity index (χ0) is 8.97. The molecular weight excluding hydrogens is 164 g/mol. The van der Waals surface area contributed by atoms with Crippen LogP contribution < -0.4 is 5.73 Å². The highest BCUT2D eigenvalue weighted by Crippen LogP contribution is 2.33. The van der Waals surface area contributed by atoms with Crippen LogP contribution in [0.15, 0.2) is 0 Å². The van der Waals surface area contributed by atoms with E-state index in [0.717, 1.165) is 12.8 Å². The van der Waals surface area contributed by atoms with Gasteiger partial charge in [-0.05, 0) is 18.4 Å². The Morgan fingerprint density at radius 2 is 2.08 bits per heavy atom. The summed E-state index contributed by atoms with van der Waals surface area (Å²) in [4.78, 5) is 0. The van der Waals surface area contributed by atoms with Crippen LogP contribution in [0.4, 0.5) is 8.78 Å². The molecule has 0 aromatic carbocycles. The quantitative estimate of drug-likeness (QED) is 0.695. The van der Waals surface area contributed by atoms with E-state index in [0.29, 0.717) is 12.5 Å². The van der Waals surface area contributed by atoms with E-state index in [1.165, 1.54) is 6.42 Å². The number of ether oxygens (including phenoxy) is 1. The van der Waals surface area contributed by atoms with E-state index in [-0.39, 0.29) is 12.5 Å². The Hall–Kier alpha value is -0.220. The highest BCUT2D eigenvalue weighted by Gasteiger charge is 2.26. The molecule has 72 valence electrons. The number of alkyl halides is 2. The van der Waals surface area contributed by atoms with Crippen molar-refractivity contribution in [3.05, 3.63) is 0 Å². The lowest BCUT2D eigenvalue weighted by Gasteiger charge is -2.32. The Bertz CT molecular complexity index is 128. The minimum absolute atomic E-state index is 0.110. The van der Waals surface area contributed by atoms with Crippen molar-refractivity contribution >= 4 is 0 Å². The molecule has 0 bridgehead atoms. The molecule has 0 aliphatic heterocycles. The third kappa shape index (κ3) is 2.68. The van der Waals surface area contributed by atoms with E-state index in [2.05, 4.69) is 4.74 Å². The molecule has 0 radical (unpaired) electrons. The molecule has 0 spiro atoms. The molecule has 1 unspecified atom stereocenters. The van der Waals surface area contributed by atoms with Gasteiger partial charge in [-0.3, -0.25) is 0 Å². The first-order valence-corrected chi connectivity index (χ1v) is 4.34. The Kier molecular flexibility index (Phi) is 3.88. The van der Waals surface area contributed by atoms with Crippen molar-refractivity contribution in [2.75, 3.05) is 13.2 Å². The van der Waals surface area contributed by atoms with Gasteiger partial charge in [-0.2, -0.15) is 8.78 Å². The van der Waals surface area contributed by atoms with Crippen molar-refractivity contribution in [2.45, 2.75) is 25.9 Å². The number of hydrogen-bond donors (Lipinski definition) is 1. The monoisotopic (exact) mass is 179 g/mol. The summed E-state index contributed by atoms with van der Waals surface area (Å²) < 4.78 is 27.5. The lowest BCUT2D eigenvalue weighted by molar-refractivity contribution is -0.143. The Morgan fingerprint density at radius 3 is 2.42 bits per heavy atom. The van der Waals surface area contributed by atoms with Crippen molar-refractivity contribution in [2.24, 2.45) is 17.6 Å². The number of nitrogens with two attached hydrogens (primary N) is 1. The van der Waals surface area contributed by atoms with E-state index in [1.807, 2.05) is 0 Å². The molecule has 1 saturated carbocycles. The molecule has 0 saturated heterocycles. The first-order valence-electron chi connectivity index (χ1n) is 4.34. The molecule has 12 heavy (non-hydrogen) atoms. The molecule has 4 heteroatoms. The fourth-order valence-electron chi connectivity index (χ4n) is 1.50. The summed E-state index contributed by atoms with van der Waals surface area (Å²) in [6.45, 7) is -2.09. The second-order valence-corrected chi connectivity index (χ2v) is 3.28. The molecule has 0 aromatic heterocycles. The Balaban J connectivity index is 2.15. The van der Waals surface area contributed by atoms with Crippen LogP contribution in [-0.2, 0) is 4.74 Å². The second-order valence-electron chi connectivity index (χ2n) is 3.28. The third-order valence-corrected chi connectivity index (χ3v) is 2.56. The van der Waals surface area contributed by atoms with E-state index >= 15 is 0 Å². The van der Waals surface area contributed by atoms with Crippen molar-refractivity contribution in [1.82, 2.24) is 0 Å². The van der Waals surface area contributed by atoms with E-state index < -0.39 is 6.61 Å². The first kappa shape index (κ1) is 9.86. The molecule has 0 aromatic rings. The average molecular weight is 179 g/mol. The van der Waals surface area contributed by atoms with Crippen LogP contribution in [0.2, 0.25) is 0 Å². The van der Waals surface area contributed by atoms with Crippen molar-refractivity contribution < 1.29 is 13.5 Å². The van der Waals surface area contributed by atoms with E-state index in [1.54, 1.807) is 0 Å². The van der Waals surface area contributed by atoms with Crippen LogP contribution in [0, 0.1) is 11.8 Å². The van der Waals surface area contributed by atoms with Crippen LogP contribution in [0.1, 0.15) is 19.3 Å². The molecule has 1 fully saturated rings. The topological polar surface area (TPSA) is 35.2 Å². The predicted molar refractivity (Wildman–Crippen MR) is 41.8 cm³/mol. The van der Waals surface area contributed by atoms with Crippen LogP contribution in [0.3, 0.4) is 0 Å². The van der Waals surface area contributed by atoms with Gasteiger partial charge in [0, 0.05) is 0 Å². The maximum absolute atomic E-state index is 11.7. The van der Waals surface area contributed by atoms with Gasteiger partial charge in [0.2, 0.25) is 0 Å². The smallest absolute Gasteiger partial charge is 0.330 e. The minimum Gasteiger partial charge on any atom is -0.330 e. The molecule has 1 aliphatic carbocycles. The van der Waals surface area contributed by atoms with Gasteiger partial charge in [0.25, 0.3) is 0 Å². The fourth-order valence-corrected chi connectivity index (χ4v) is 1.50. The molecule has 2 nitrogen and oxygen atoms in total. The normalized spacial score (nSPS) is 21.0. The summed E-state index contributed by atoms with van der Waals surface area (Å²) in [7, 11) is 0. The maximum Gasteiger partial charge on any atom is 0.345 e. The van der Waals surface area contributed by atoms with Crippen molar-refractivity contribution in [1.29, 1.82) is 0 Å². The molecule has 0 heterocycles. The number of rotatable bonds is 5. The van der Waals surface area contributed by atoms with E-state index in [9.17, 15) is 8.78 Å². The van der Waals surface area contributed by atoms with Gasteiger partial charge in [-0.1, -0.05) is 19.3 Å². The molecule has 0 amide bonds. The highest BCUT2D eigenvalue weighted by molar-refractivity contribution is 4.77. The van der Waals surface area contributed by atoms with Crippen LogP contribution >= 0.6 is 0 Å². The lowest BCUT2D eigenvalue weighted by atomic mass is 9.76. The lowest BCUT2D eigenvalue weighted by Crippen LogP contribution is -2.32. The zero-order valence-corrected chi connectivity index (χ0v) is 7.01. The summed E-state index contributed by atoms with van der Waals surface area (Å²) in [5, 5.41) is 0. The van der Waals surface area contributed by atoms with Gasteiger partial charge in [0.15, 0.2) is 0 Å². The van der Waals surface area contributed by atoms with Gasteiger partial charge in [-0.15, -0.1) is 0 Å². The Labute approximate surface area is 71.1 Å². The molecule has 1 rings (SSSR count). The van der Waals surface area contributed by atoms with Gasteiger partial charge in [0.05, 0.1) is 6.61 Å². The van der Waals surface area contributed by atoms with Crippen LogP contribution in [0.25, 0.3) is 0 Å². The number of hydrogen-bond acceptors (Lipinski definition) is 2. The van der Waals surface area contributed by atoms with E-state index in [4.69, 9.17) is 5.73 Å². The van der Waals surface area contributed by atoms with Gasteiger partial charge in [0.1, 0.15) is 0 Å². The second kappa shape index (κ2) is 4.72. The summed E-state index contributed by atoms with van der Waals surface area (Å²) in [5.41, 5.74) is 5.44. The average Bonchev–Trinajstić information content (AvgIpc) is 1.93. The fraction of sp³-hybridized carbons (Fsp3) is 1.00. The van der Waals surface area contributed by atoms with Gasteiger partial charge >= 0.3 is 6.61 Å². The summed E-state index contributed by atoms with van der Waals surface area (Å²) in [6, 6.07) is 0. The Morgan fingerprint density at radius 1 is 1.42 bits per heavy atom. The summed E-state index contributed by atoms with van der Waals surface area (Å²) in [6.07, 6.45) is 3.44. The molecule has 1 aliphatic rings. The third-order valence-electron chi connectivity index (χ3n) is 2.56. The SMILES string of the molecule is NCC(COC(F)F)C1CCC1. The predicted octanol–water partition coefficient (Wildman–Crippen LogP) is 1.60. The number of halogens is 2. The molecular formula is C8H15F2NO. The maximum atomic E-state index is 11.7. The molecule has 1 atom stereocenters. The highest BCUT2D eigenvalue weighted by atomic mass is 19.3. The standard InChI is InChI=1S/C8H15F2NO/c9-8(10)12-5-7(4-11)6-2-1-3-6/h6-8H,1-5,11H2. The van der Waals surface area contributed by atoms with Crippen molar-refractivity contribution in [3.8, 4) is 0 Å². The van der Waals surface area contributed by atoms with Gasteiger partial charge < -0.3 is 10.5 Å². The molecule has 2 N–H and O–H groups in total. The summed E-state index contributed by atoms with van der Waals surface area (Å²) >= 11 is 0. The largest absolute Gasteiger partial charge is 0.345 e. The zero-order valence-electron chi connectivity index (χ0n) is 7.01. The van der Waals surface area contributed by atoms with Gasteiger partial charge in [-0.25, -0.2) is 0 Å².